The Bertz CT molecular complexity index is 664. The van der Waals surface area contributed by atoms with Gasteiger partial charge in [-0.2, -0.15) is 29.3 Å². The SMILES string of the molecule is C[C-]=O.Oc1cc[c-]cc1-n1nc2ccccc2n1.[Re]. The van der Waals surface area contributed by atoms with E-state index in [0.29, 0.717) is 5.69 Å². The molecule has 1 N–H and O–H groups in total. The number of aromatic hydroxyl groups is 1. The third kappa shape index (κ3) is 3.50. The van der Waals surface area contributed by atoms with Crippen molar-refractivity contribution >= 4 is 17.3 Å². The number of fused-ring (bicyclic) bond motifs is 1. The molecule has 0 aliphatic heterocycles. The molecule has 0 unspecified atom stereocenters. The van der Waals surface area contributed by atoms with Gasteiger partial charge in [0.1, 0.15) is 11.0 Å². The number of phenols is 1. The molecule has 3 aromatic rings. The Labute approximate surface area is 129 Å². The first-order chi connectivity index (χ1) is 9.26. The molecule has 6 heteroatoms. The molecule has 1 heterocycles. The van der Waals surface area contributed by atoms with Crippen LogP contribution in [0, 0.1) is 6.07 Å². The fraction of sp³-hybridized carbons (Fsp3) is 0.0714. The van der Waals surface area contributed by atoms with Crippen LogP contribution < -0.4 is 0 Å². The van der Waals surface area contributed by atoms with Crippen molar-refractivity contribution in [3.8, 4) is 11.4 Å². The minimum Gasteiger partial charge on any atom is -0.542 e. The van der Waals surface area contributed by atoms with Crippen LogP contribution in [0.4, 0.5) is 0 Å². The minimum atomic E-state index is 0. The van der Waals surface area contributed by atoms with Gasteiger partial charge in [0.05, 0.1) is 0 Å². The molecule has 0 atom stereocenters. The van der Waals surface area contributed by atoms with Gasteiger partial charge in [-0.1, -0.05) is 12.1 Å². The fourth-order valence-corrected chi connectivity index (χ4v) is 1.54. The molecule has 103 valence electrons. The molecule has 0 spiro atoms. The molecule has 0 fully saturated rings. The summed E-state index contributed by atoms with van der Waals surface area (Å²) in [5.74, 6) is 0.138. The van der Waals surface area contributed by atoms with Crippen LogP contribution in [0.2, 0.25) is 0 Å². The first kappa shape index (κ1) is 16.0. The second-order valence-corrected chi connectivity index (χ2v) is 3.60. The first-order valence-electron chi connectivity index (χ1n) is 5.56. The van der Waals surface area contributed by atoms with Crippen molar-refractivity contribution in [2.24, 2.45) is 0 Å². The number of carbonyl (C=O) groups excluding carboxylic acids is 1. The third-order valence-corrected chi connectivity index (χ3v) is 2.32. The number of benzene rings is 2. The molecule has 0 saturated carbocycles. The number of aromatic nitrogens is 3. The Hall–Kier alpha value is -2.03. The quantitative estimate of drug-likeness (QED) is 0.590. The van der Waals surface area contributed by atoms with Crippen molar-refractivity contribution in [1.82, 2.24) is 15.0 Å². The summed E-state index contributed by atoms with van der Waals surface area (Å²) in [4.78, 5) is 10.1. The van der Waals surface area contributed by atoms with Crippen LogP contribution >= 0.6 is 0 Å². The van der Waals surface area contributed by atoms with Crippen molar-refractivity contribution in [2.75, 3.05) is 0 Å². The van der Waals surface area contributed by atoms with Crippen LogP contribution in [0.5, 0.6) is 5.75 Å². The van der Waals surface area contributed by atoms with Crippen molar-refractivity contribution < 1.29 is 30.3 Å². The van der Waals surface area contributed by atoms with Crippen LogP contribution in [0.25, 0.3) is 16.7 Å². The molecular weight excluding hydrogens is 428 g/mol. The average Bonchev–Trinajstić information content (AvgIpc) is 2.83. The molecule has 1 radical (unpaired) electrons. The molecule has 0 aliphatic rings. The zero-order chi connectivity index (χ0) is 13.7. The molecule has 0 saturated heterocycles. The molecule has 3 rings (SSSR count). The summed E-state index contributed by atoms with van der Waals surface area (Å²) in [5, 5.41) is 18.2. The summed E-state index contributed by atoms with van der Waals surface area (Å²) in [6, 6.07) is 15.3. The Morgan fingerprint density at radius 3 is 2.25 bits per heavy atom. The monoisotopic (exact) mass is 440 g/mol. The number of hydrogen-bond donors (Lipinski definition) is 1. The van der Waals surface area contributed by atoms with Gasteiger partial charge >= 0.3 is 0 Å². The molecule has 0 aliphatic carbocycles. The Kier molecular flexibility index (Phi) is 6.04. The largest absolute Gasteiger partial charge is 0.542 e. The summed E-state index contributed by atoms with van der Waals surface area (Å²) in [7, 11) is 0. The van der Waals surface area contributed by atoms with Crippen LogP contribution in [-0.4, -0.2) is 26.4 Å². The number of phenolic OH excluding ortho intramolecular Hbond substituents is 1. The van der Waals surface area contributed by atoms with Crippen LogP contribution in [-0.2, 0) is 25.2 Å². The standard InChI is InChI=1S/C12H8N3O.C2H3O.Re/c16-12-8-4-3-7-11(12)15-13-9-5-1-2-6-10(9)14-15;1-2-3;/h1-2,4-8,16H;1H3;/q2*-1;. The van der Waals surface area contributed by atoms with Gasteiger partial charge in [-0.3, -0.25) is 6.29 Å². The van der Waals surface area contributed by atoms with Gasteiger partial charge in [0, 0.05) is 31.9 Å². The van der Waals surface area contributed by atoms with Crippen molar-refractivity contribution in [3.63, 3.8) is 0 Å². The normalized spacial score (nSPS) is 9.25. The zero-order valence-electron chi connectivity index (χ0n) is 10.6. The predicted octanol–water partition coefficient (Wildman–Crippen LogP) is 2.04. The molecule has 2 aromatic carbocycles. The van der Waals surface area contributed by atoms with Crippen molar-refractivity contribution in [2.45, 2.75) is 6.92 Å². The van der Waals surface area contributed by atoms with Crippen molar-refractivity contribution in [1.29, 1.82) is 0 Å². The van der Waals surface area contributed by atoms with Gasteiger partial charge in [-0.05, 0) is 12.1 Å². The predicted molar refractivity (Wildman–Crippen MR) is 70.7 cm³/mol. The molecule has 0 amide bonds. The smallest absolute Gasteiger partial charge is 0.112 e. The van der Waals surface area contributed by atoms with E-state index in [0.717, 1.165) is 11.0 Å². The number of nitrogens with zero attached hydrogens (tertiary/aromatic N) is 3. The Balaban J connectivity index is 0.000000462. The van der Waals surface area contributed by atoms with Gasteiger partial charge in [-0.25, -0.2) is 4.80 Å². The van der Waals surface area contributed by atoms with Crippen LogP contribution in [0.1, 0.15) is 6.92 Å². The summed E-state index contributed by atoms with van der Waals surface area (Å²) in [5.41, 5.74) is 2.12. The van der Waals surface area contributed by atoms with E-state index in [2.05, 4.69) is 16.3 Å². The van der Waals surface area contributed by atoms with E-state index in [1.165, 1.54) is 18.0 Å². The Morgan fingerprint density at radius 2 is 1.75 bits per heavy atom. The van der Waals surface area contributed by atoms with E-state index >= 15 is 0 Å². The first-order valence-corrected chi connectivity index (χ1v) is 5.56. The second-order valence-electron chi connectivity index (χ2n) is 3.60. The van der Waals surface area contributed by atoms with E-state index in [9.17, 15) is 5.11 Å². The minimum absolute atomic E-state index is 0. The van der Waals surface area contributed by atoms with Gasteiger partial charge < -0.3 is 9.90 Å². The summed E-state index contributed by atoms with van der Waals surface area (Å²) in [6.45, 7) is 1.32. The maximum atomic E-state index is 9.67. The van der Waals surface area contributed by atoms with Crippen molar-refractivity contribution in [3.05, 3.63) is 48.5 Å². The van der Waals surface area contributed by atoms with Crippen LogP contribution in [0.3, 0.4) is 0 Å². The number of rotatable bonds is 1. The summed E-state index contributed by atoms with van der Waals surface area (Å²) < 4.78 is 0. The second kappa shape index (κ2) is 7.53. The van der Waals surface area contributed by atoms with Gasteiger partial charge in [0.2, 0.25) is 0 Å². The Morgan fingerprint density at radius 1 is 1.20 bits per heavy atom. The fourth-order valence-electron chi connectivity index (χ4n) is 1.54. The van der Waals surface area contributed by atoms with Crippen LogP contribution in [0.15, 0.2) is 42.5 Å². The number of hydrogen-bond acceptors (Lipinski definition) is 4. The van der Waals surface area contributed by atoms with E-state index in [4.69, 9.17) is 4.79 Å². The molecule has 5 nitrogen and oxygen atoms in total. The zero-order valence-corrected chi connectivity index (χ0v) is 13.3. The average molecular weight is 439 g/mol. The molecule has 0 bridgehead atoms. The maximum absolute atomic E-state index is 9.67. The maximum Gasteiger partial charge on any atom is 0.112 e. The van der Waals surface area contributed by atoms with Gasteiger partial charge in [0.25, 0.3) is 0 Å². The van der Waals surface area contributed by atoms with Gasteiger partial charge in [-0.15, -0.1) is 12.1 Å². The van der Waals surface area contributed by atoms with E-state index in [1.54, 1.807) is 18.2 Å². The molecule has 1 aromatic heterocycles. The topological polar surface area (TPSA) is 68.0 Å². The molecular formula is C14H11N3O2Re-2. The summed E-state index contributed by atoms with van der Waals surface area (Å²) in [6.07, 6.45) is 1.50. The summed E-state index contributed by atoms with van der Waals surface area (Å²) >= 11 is 0. The molecule has 20 heavy (non-hydrogen) atoms. The van der Waals surface area contributed by atoms with E-state index in [-0.39, 0.29) is 26.2 Å². The van der Waals surface area contributed by atoms with E-state index in [1.807, 2.05) is 24.3 Å². The third-order valence-electron chi connectivity index (χ3n) is 2.32. The van der Waals surface area contributed by atoms with E-state index < -0.39 is 0 Å². The van der Waals surface area contributed by atoms with Gasteiger partial charge in [0.15, 0.2) is 0 Å².